The van der Waals surface area contributed by atoms with E-state index in [0.29, 0.717) is 25.3 Å². The van der Waals surface area contributed by atoms with Gasteiger partial charge in [0.2, 0.25) is 0 Å². The largest absolute Gasteiger partial charge is 0.382 e. The fraction of sp³-hybridized carbons (Fsp3) is 1.00. The number of hydrogen-bond acceptors (Lipinski definition) is 4. The molecule has 1 aliphatic rings. The van der Waals surface area contributed by atoms with Gasteiger partial charge in [0.1, 0.15) is 0 Å². The first-order chi connectivity index (χ1) is 5.83. The van der Waals surface area contributed by atoms with Crippen LogP contribution in [0.15, 0.2) is 0 Å². The average Bonchev–Trinajstić information content (AvgIpc) is 2.45. The van der Waals surface area contributed by atoms with Crippen LogP contribution < -0.4 is 11.2 Å². The highest BCUT2D eigenvalue weighted by atomic mass is 16.7. The van der Waals surface area contributed by atoms with E-state index in [-0.39, 0.29) is 0 Å². The van der Waals surface area contributed by atoms with E-state index in [4.69, 9.17) is 15.3 Å². The van der Waals surface area contributed by atoms with Crippen LogP contribution in [-0.2, 0) is 9.57 Å². The maximum absolute atomic E-state index is 5.74. The maximum atomic E-state index is 5.74. The minimum absolute atomic E-state index is 0.355. The molecule has 0 aromatic rings. The summed E-state index contributed by atoms with van der Waals surface area (Å²) in [6.45, 7) is 1.23. The van der Waals surface area contributed by atoms with E-state index >= 15 is 0 Å². The van der Waals surface area contributed by atoms with E-state index in [9.17, 15) is 0 Å². The number of methoxy groups -OCH3 is 1. The van der Waals surface area contributed by atoms with Gasteiger partial charge in [0.25, 0.3) is 0 Å². The predicted octanol–water partition coefficient (Wildman–Crippen LogP) is 0.0338. The highest BCUT2D eigenvalue weighted by Gasteiger charge is 2.21. The van der Waals surface area contributed by atoms with Crippen molar-refractivity contribution in [3.05, 3.63) is 0 Å². The van der Waals surface area contributed by atoms with Crippen molar-refractivity contribution in [2.45, 2.75) is 31.3 Å². The lowest BCUT2D eigenvalue weighted by Crippen LogP contribution is -2.29. The van der Waals surface area contributed by atoms with Crippen LogP contribution in [-0.4, -0.2) is 32.4 Å². The molecule has 0 aromatic carbocycles. The Morgan fingerprint density at radius 1 is 1.42 bits per heavy atom. The van der Waals surface area contributed by atoms with E-state index in [1.165, 1.54) is 0 Å². The van der Waals surface area contributed by atoms with E-state index in [1.807, 2.05) is 0 Å². The molecule has 0 heterocycles. The summed E-state index contributed by atoms with van der Waals surface area (Å²) in [5.41, 5.74) is 8.72. The molecule has 1 aliphatic carbocycles. The number of rotatable bonds is 5. The molecule has 4 nitrogen and oxygen atoms in total. The molecule has 0 saturated heterocycles. The number of hydrogen-bond donors (Lipinski definition) is 2. The van der Waals surface area contributed by atoms with Crippen LogP contribution >= 0.6 is 0 Å². The van der Waals surface area contributed by atoms with Gasteiger partial charge in [-0.25, -0.2) is 0 Å². The zero-order chi connectivity index (χ0) is 8.81. The Hall–Kier alpha value is -0.160. The zero-order valence-electron chi connectivity index (χ0n) is 7.58. The van der Waals surface area contributed by atoms with Gasteiger partial charge in [-0.15, -0.1) is 0 Å². The number of ether oxygens (including phenoxy) is 1. The van der Waals surface area contributed by atoms with Crippen LogP contribution in [0.5, 0.6) is 0 Å². The highest BCUT2D eigenvalue weighted by molar-refractivity contribution is 4.80. The molecule has 1 fully saturated rings. The normalized spacial score (nSPS) is 29.5. The fourth-order valence-corrected chi connectivity index (χ4v) is 1.43. The minimum Gasteiger partial charge on any atom is -0.382 e. The Kier molecular flexibility index (Phi) is 4.53. The molecule has 72 valence electrons. The topological polar surface area (TPSA) is 56.5 Å². The van der Waals surface area contributed by atoms with Gasteiger partial charge in [-0.1, -0.05) is 0 Å². The van der Waals surface area contributed by atoms with Crippen molar-refractivity contribution in [2.24, 2.45) is 5.73 Å². The van der Waals surface area contributed by atoms with Crippen molar-refractivity contribution in [1.29, 1.82) is 0 Å². The monoisotopic (exact) mass is 174 g/mol. The van der Waals surface area contributed by atoms with Gasteiger partial charge >= 0.3 is 0 Å². The lowest BCUT2D eigenvalue weighted by Gasteiger charge is -2.11. The second-order valence-corrected chi connectivity index (χ2v) is 3.23. The summed E-state index contributed by atoms with van der Waals surface area (Å²) in [6, 6.07) is 0.797. The Bertz CT molecular complexity index is 122. The molecule has 2 unspecified atom stereocenters. The molecule has 1 saturated carbocycles. The van der Waals surface area contributed by atoms with E-state index in [2.05, 4.69) is 5.48 Å². The van der Waals surface area contributed by atoms with Gasteiger partial charge in [-0.05, 0) is 19.3 Å². The number of nitrogens with one attached hydrogen (secondary N) is 1. The van der Waals surface area contributed by atoms with Gasteiger partial charge < -0.3 is 10.5 Å². The van der Waals surface area contributed by atoms with Crippen molar-refractivity contribution in [1.82, 2.24) is 5.48 Å². The Morgan fingerprint density at radius 3 is 2.83 bits per heavy atom. The van der Waals surface area contributed by atoms with Gasteiger partial charge in [0.15, 0.2) is 0 Å². The Labute approximate surface area is 73.4 Å². The Morgan fingerprint density at radius 2 is 2.25 bits per heavy atom. The quantitative estimate of drug-likeness (QED) is 0.456. The van der Waals surface area contributed by atoms with Gasteiger partial charge in [-0.2, -0.15) is 5.48 Å². The molecule has 0 spiro atoms. The van der Waals surface area contributed by atoms with Crippen molar-refractivity contribution < 1.29 is 9.57 Å². The minimum atomic E-state index is 0.355. The number of hydroxylamine groups is 1. The summed E-state index contributed by atoms with van der Waals surface area (Å²) in [7, 11) is 1.66. The molecule has 0 radical (unpaired) electrons. The zero-order valence-corrected chi connectivity index (χ0v) is 7.58. The van der Waals surface area contributed by atoms with Gasteiger partial charge in [-0.3, -0.25) is 4.84 Å². The lowest BCUT2D eigenvalue weighted by molar-refractivity contribution is -0.0108. The van der Waals surface area contributed by atoms with E-state index in [1.54, 1.807) is 7.11 Å². The second kappa shape index (κ2) is 5.48. The smallest absolute Gasteiger partial charge is 0.0915 e. The second-order valence-electron chi connectivity index (χ2n) is 3.23. The molecule has 4 heteroatoms. The molecule has 1 rings (SSSR count). The van der Waals surface area contributed by atoms with Gasteiger partial charge in [0, 0.05) is 19.2 Å². The standard InChI is InChI=1S/C8H18N2O2/c1-11-4-5-12-10-8-3-2-7(9)6-8/h7-8,10H,2-6,9H2,1H3. The van der Waals surface area contributed by atoms with E-state index < -0.39 is 0 Å². The molecule has 0 aromatic heterocycles. The fourth-order valence-electron chi connectivity index (χ4n) is 1.43. The predicted molar refractivity (Wildman–Crippen MR) is 46.6 cm³/mol. The first-order valence-electron chi connectivity index (χ1n) is 4.44. The highest BCUT2D eigenvalue weighted by Crippen LogP contribution is 2.16. The van der Waals surface area contributed by atoms with Gasteiger partial charge in [0.05, 0.1) is 13.2 Å². The van der Waals surface area contributed by atoms with Crippen LogP contribution in [0.3, 0.4) is 0 Å². The maximum Gasteiger partial charge on any atom is 0.0915 e. The summed E-state index contributed by atoms with van der Waals surface area (Å²) in [6.07, 6.45) is 3.24. The lowest BCUT2D eigenvalue weighted by atomic mass is 10.2. The summed E-state index contributed by atoms with van der Waals surface area (Å²) in [5.74, 6) is 0. The molecule has 3 N–H and O–H groups in total. The third-order valence-corrected chi connectivity index (χ3v) is 2.11. The van der Waals surface area contributed by atoms with Crippen LogP contribution in [0, 0.1) is 0 Å². The first kappa shape index (κ1) is 9.92. The van der Waals surface area contributed by atoms with Crippen molar-refractivity contribution in [2.75, 3.05) is 20.3 Å². The first-order valence-corrected chi connectivity index (χ1v) is 4.44. The molecular formula is C8H18N2O2. The molecular weight excluding hydrogens is 156 g/mol. The summed E-state index contributed by atoms with van der Waals surface area (Å²) in [5, 5.41) is 0. The summed E-state index contributed by atoms with van der Waals surface area (Å²) in [4.78, 5) is 5.18. The molecule has 0 amide bonds. The van der Waals surface area contributed by atoms with Crippen LogP contribution in [0.4, 0.5) is 0 Å². The van der Waals surface area contributed by atoms with Crippen LogP contribution in [0.2, 0.25) is 0 Å². The SMILES string of the molecule is COCCONC1CCC(N)C1. The van der Waals surface area contributed by atoms with Crippen LogP contribution in [0.1, 0.15) is 19.3 Å². The average molecular weight is 174 g/mol. The summed E-state index contributed by atoms with van der Waals surface area (Å²) >= 11 is 0. The molecule has 2 atom stereocenters. The third kappa shape index (κ3) is 3.49. The van der Waals surface area contributed by atoms with Crippen LogP contribution in [0.25, 0.3) is 0 Å². The van der Waals surface area contributed by atoms with E-state index in [0.717, 1.165) is 19.3 Å². The molecule has 0 aliphatic heterocycles. The molecule has 0 bridgehead atoms. The van der Waals surface area contributed by atoms with Crippen molar-refractivity contribution >= 4 is 0 Å². The third-order valence-electron chi connectivity index (χ3n) is 2.11. The summed E-state index contributed by atoms with van der Waals surface area (Å²) < 4.78 is 4.84. The van der Waals surface area contributed by atoms with Crippen molar-refractivity contribution in [3.8, 4) is 0 Å². The molecule has 12 heavy (non-hydrogen) atoms. The van der Waals surface area contributed by atoms with Crippen molar-refractivity contribution in [3.63, 3.8) is 0 Å². The number of nitrogens with two attached hydrogens (primary N) is 1. The Balaban J connectivity index is 1.93.